The van der Waals surface area contributed by atoms with E-state index in [1.807, 2.05) is 6.92 Å². The Labute approximate surface area is 70.8 Å². The normalized spacial score (nSPS) is 27.2. The summed E-state index contributed by atoms with van der Waals surface area (Å²) in [5.41, 5.74) is 1.85. The van der Waals surface area contributed by atoms with Crippen molar-refractivity contribution in [3.8, 4) is 0 Å². The molecule has 0 amide bonds. The Hall–Kier alpha value is -0.890. The van der Waals surface area contributed by atoms with Gasteiger partial charge in [-0.2, -0.15) is 0 Å². The van der Waals surface area contributed by atoms with E-state index >= 15 is 0 Å². The van der Waals surface area contributed by atoms with Gasteiger partial charge in [0, 0.05) is 0 Å². The minimum absolute atomic E-state index is 0.224. The van der Waals surface area contributed by atoms with Gasteiger partial charge in [-0.15, -0.1) is 0 Å². The van der Waals surface area contributed by atoms with Crippen LogP contribution in [0.2, 0.25) is 0 Å². The first kappa shape index (κ1) is 7.74. The van der Waals surface area contributed by atoms with Crippen LogP contribution in [0.3, 0.4) is 0 Å². The Morgan fingerprint density at radius 1 is 1.50 bits per heavy atom. The first-order chi connectivity index (χ1) is 5.68. The zero-order valence-electron chi connectivity index (χ0n) is 6.92. The van der Waals surface area contributed by atoms with E-state index in [0.29, 0.717) is 0 Å². The van der Waals surface area contributed by atoms with Gasteiger partial charge in [0.15, 0.2) is 0 Å². The predicted octanol–water partition coefficient (Wildman–Crippen LogP) is 2.05. The van der Waals surface area contributed by atoms with Crippen LogP contribution in [0.15, 0.2) is 18.2 Å². The molecule has 2 unspecified atom stereocenters. The Morgan fingerprint density at radius 3 is 3.00 bits per heavy atom. The van der Waals surface area contributed by atoms with E-state index < -0.39 is 6.10 Å². The van der Waals surface area contributed by atoms with Gasteiger partial charge in [-0.25, -0.2) is 4.39 Å². The van der Waals surface area contributed by atoms with Crippen LogP contribution in [0.4, 0.5) is 4.39 Å². The third-order valence-electron chi connectivity index (χ3n) is 2.51. The van der Waals surface area contributed by atoms with E-state index in [0.717, 1.165) is 17.5 Å². The second-order valence-corrected chi connectivity index (χ2v) is 3.47. The molecule has 1 aromatic carbocycles. The van der Waals surface area contributed by atoms with Crippen molar-refractivity contribution >= 4 is 0 Å². The zero-order chi connectivity index (χ0) is 8.72. The minimum atomic E-state index is -0.476. The number of benzene rings is 1. The standard InChI is InChI=1S/C10H11FO/c1-6-4-7-2-3-8(11)5-9(7)10(6)12/h2-3,5-6,10,12H,4H2,1H3. The molecule has 2 heteroatoms. The summed E-state index contributed by atoms with van der Waals surface area (Å²) >= 11 is 0. The van der Waals surface area contributed by atoms with Gasteiger partial charge in [0.05, 0.1) is 6.10 Å². The van der Waals surface area contributed by atoms with E-state index in [1.54, 1.807) is 6.07 Å². The first-order valence-electron chi connectivity index (χ1n) is 4.15. The van der Waals surface area contributed by atoms with Gasteiger partial charge in [0.1, 0.15) is 5.82 Å². The zero-order valence-corrected chi connectivity index (χ0v) is 6.92. The van der Waals surface area contributed by atoms with Gasteiger partial charge in [0.2, 0.25) is 0 Å². The summed E-state index contributed by atoms with van der Waals surface area (Å²) in [6, 6.07) is 4.64. The van der Waals surface area contributed by atoms with E-state index in [4.69, 9.17) is 0 Å². The maximum Gasteiger partial charge on any atom is 0.123 e. The van der Waals surface area contributed by atoms with Crippen molar-refractivity contribution in [2.75, 3.05) is 0 Å². The highest BCUT2D eigenvalue weighted by Crippen LogP contribution is 2.35. The molecule has 0 saturated carbocycles. The van der Waals surface area contributed by atoms with Crippen LogP contribution in [0.5, 0.6) is 0 Å². The van der Waals surface area contributed by atoms with Crippen molar-refractivity contribution < 1.29 is 9.50 Å². The van der Waals surface area contributed by atoms with Crippen molar-refractivity contribution in [2.24, 2.45) is 5.92 Å². The molecule has 1 nitrogen and oxygen atoms in total. The van der Waals surface area contributed by atoms with Gasteiger partial charge in [-0.1, -0.05) is 13.0 Å². The van der Waals surface area contributed by atoms with Crippen LogP contribution in [-0.4, -0.2) is 5.11 Å². The van der Waals surface area contributed by atoms with E-state index in [9.17, 15) is 9.50 Å². The average Bonchev–Trinajstić information content (AvgIpc) is 2.31. The molecule has 0 aromatic heterocycles. The molecule has 0 radical (unpaired) electrons. The smallest absolute Gasteiger partial charge is 0.123 e. The van der Waals surface area contributed by atoms with E-state index in [2.05, 4.69) is 0 Å². The molecule has 1 aliphatic carbocycles. The van der Waals surface area contributed by atoms with Gasteiger partial charge in [0.25, 0.3) is 0 Å². The summed E-state index contributed by atoms with van der Waals surface area (Å²) in [5.74, 6) is -0.0382. The van der Waals surface area contributed by atoms with Crippen molar-refractivity contribution in [2.45, 2.75) is 19.4 Å². The van der Waals surface area contributed by atoms with Gasteiger partial charge in [-0.05, 0) is 35.6 Å². The number of halogens is 1. The number of hydrogen-bond donors (Lipinski definition) is 1. The van der Waals surface area contributed by atoms with Gasteiger partial charge >= 0.3 is 0 Å². The lowest BCUT2D eigenvalue weighted by atomic mass is 10.1. The lowest BCUT2D eigenvalue weighted by Crippen LogP contribution is -2.01. The molecule has 0 aliphatic heterocycles. The van der Waals surface area contributed by atoms with Crippen LogP contribution in [0.1, 0.15) is 24.2 Å². The molecule has 64 valence electrons. The van der Waals surface area contributed by atoms with Crippen LogP contribution >= 0.6 is 0 Å². The van der Waals surface area contributed by atoms with Crippen LogP contribution in [0.25, 0.3) is 0 Å². The maximum atomic E-state index is 12.8. The molecule has 0 spiro atoms. The van der Waals surface area contributed by atoms with Crippen molar-refractivity contribution in [1.29, 1.82) is 0 Å². The number of aliphatic hydroxyl groups excluding tert-OH is 1. The lowest BCUT2D eigenvalue weighted by molar-refractivity contribution is 0.132. The topological polar surface area (TPSA) is 20.2 Å². The third-order valence-corrected chi connectivity index (χ3v) is 2.51. The summed E-state index contributed by atoms with van der Waals surface area (Å²) < 4.78 is 12.8. The molecule has 1 aromatic rings. The molecule has 0 bridgehead atoms. The Bertz CT molecular complexity index is 309. The molecule has 1 aliphatic rings. The van der Waals surface area contributed by atoms with Crippen molar-refractivity contribution in [1.82, 2.24) is 0 Å². The average molecular weight is 166 g/mol. The SMILES string of the molecule is CC1Cc2ccc(F)cc2C1O. The largest absolute Gasteiger partial charge is 0.388 e. The molecular weight excluding hydrogens is 155 g/mol. The molecule has 0 heterocycles. The van der Waals surface area contributed by atoms with Crippen LogP contribution < -0.4 is 0 Å². The van der Waals surface area contributed by atoms with Gasteiger partial charge < -0.3 is 5.11 Å². The number of rotatable bonds is 0. The Kier molecular flexibility index (Phi) is 1.65. The van der Waals surface area contributed by atoms with E-state index in [-0.39, 0.29) is 11.7 Å². The molecule has 12 heavy (non-hydrogen) atoms. The third kappa shape index (κ3) is 1.03. The predicted molar refractivity (Wildman–Crippen MR) is 44.2 cm³/mol. The number of aliphatic hydroxyl groups is 1. The fourth-order valence-electron chi connectivity index (χ4n) is 1.79. The number of fused-ring (bicyclic) bond motifs is 1. The Morgan fingerprint density at radius 2 is 2.25 bits per heavy atom. The van der Waals surface area contributed by atoms with Gasteiger partial charge in [-0.3, -0.25) is 0 Å². The highest BCUT2D eigenvalue weighted by molar-refractivity contribution is 5.34. The fourth-order valence-corrected chi connectivity index (χ4v) is 1.79. The molecule has 0 fully saturated rings. The van der Waals surface area contributed by atoms with Crippen molar-refractivity contribution in [3.05, 3.63) is 35.1 Å². The highest BCUT2D eigenvalue weighted by atomic mass is 19.1. The summed E-state index contributed by atoms with van der Waals surface area (Å²) in [6.07, 6.45) is 0.382. The molecule has 2 atom stereocenters. The Balaban J connectivity index is 2.48. The molecule has 2 rings (SSSR count). The molecule has 0 saturated heterocycles. The minimum Gasteiger partial charge on any atom is -0.388 e. The monoisotopic (exact) mass is 166 g/mol. The molecular formula is C10H11FO. The summed E-state index contributed by atoms with van der Waals surface area (Å²) in [4.78, 5) is 0. The van der Waals surface area contributed by atoms with Crippen LogP contribution in [0, 0.1) is 11.7 Å². The maximum absolute atomic E-state index is 12.8. The molecule has 1 N–H and O–H groups in total. The first-order valence-corrected chi connectivity index (χ1v) is 4.15. The highest BCUT2D eigenvalue weighted by Gasteiger charge is 2.27. The number of hydrogen-bond acceptors (Lipinski definition) is 1. The second-order valence-electron chi connectivity index (χ2n) is 3.47. The second kappa shape index (κ2) is 2.56. The van der Waals surface area contributed by atoms with E-state index in [1.165, 1.54) is 12.1 Å². The lowest BCUT2D eigenvalue weighted by Gasteiger charge is -2.07. The summed E-state index contributed by atoms with van der Waals surface area (Å²) in [5, 5.41) is 9.61. The summed E-state index contributed by atoms with van der Waals surface area (Å²) in [6.45, 7) is 1.97. The van der Waals surface area contributed by atoms with Crippen LogP contribution in [-0.2, 0) is 6.42 Å². The van der Waals surface area contributed by atoms with Crippen molar-refractivity contribution in [3.63, 3.8) is 0 Å². The summed E-state index contributed by atoms with van der Waals surface area (Å²) in [7, 11) is 0. The quantitative estimate of drug-likeness (QED) is 0.625. The fraction of sp³-hybridized carbons (Fsp3) is 0.400.